The number of hydrogen-bond acceptors (Lipinski definition) is 2. The fourth-order valence-corrected chi connectivity index (χ4v) is 0.951. The number of rotatable bonds is 0. The third-order valence-corrected chi connectivity index (χ3v) is 1.25. The number of aliphatic imine (C=N–C) groups is 1. The molecule has 1 aliphatic heterocycles. The van der Waals surface area contributed by atoms with Crippen LogP contribution in [0.5, 0.6) is 0 Å². The molecule has 0 aromatic carbocycles. The zero-order valence-electron chi connectivity index (χ0n) is 4.05. The molecule has 0 amide bonds. The minimum atomic E-state index is 0.288. The molecule has 0 saturated heterocycles. The van der Waals surface area contributed by atoms with Crippen molar-refractivity contribution in [3.05, 3.63) is 0 Å². The van der Waals surface area contributed by atoms with Crippen LogP contribution in [0, 0.1) is 0 Å². The van der Waals surface area contributed by atoms with Crippen molar-refractivity contribution in [2.24, 2.45) is 4.99 Å². The van der Waals surface area contributed by atoms with Gasteiger partial charge in [-0.2, -0.15) is 0 Å². The van der Waals surface area contributed by atoms with E-state index in [4.69, 9.17) is 4.74 Å². The van der Waals surface area contributed by atoms with Gasteiger partial charge < -0.3 is 0 Å². The summed E-state index contributed by atoms with van der Waals surface area (Å²) in [6.07, 6.45) is 0.288. The Kier molecular flexibility index (Phi) is 1.35. The fourth-order valence-electron chi connectivity index (χ4n) is 0.450. The van der Waals surface area contributed by atoms with Crippen molar-refractivity contribution in [1.82, 2.24) is 0 Å². The molecule has 3 heteroatoms. The first kappa shape index (κ1) is 5.13. The summed E-state index contributed by atoms with van der Waals surface area (Å²) in [5.74, 6) is 0. The standard InChI is InChI=1S/C4H6NOSe/c1-3-2-5-4(7)6-3/h3H,2H2,1H3. The van der Waals surface area contributed by atoms with Gasteiger partial charge in [0.1, 0.15) is 0 Å². The van der Waals surface area contributed by atoms with Crippen LogP contribution in [0.25, 0.3) is 0 Å². The van der Waals surface area contributed by atoms with Gasteiger partial charge in [-0.1, -0.05) is 0 Å². The van der Waals surface area contributed by atoms with Gasteiger partial charge in [-0.25, -0.2) is 0 Å². The first-order chi connectivity index (χ1) is 3.29. The molecule has 1 atom stereocenters. The summed E-state index contributed by atoms with van der Waals surface area (Å²) in [5, 5.41) is 0. The van der Waals surface area contributed by atoms with Crippen LogP contribution in [0.4, 0.5) is 0 Å². The van der Waals surface area contributed by atoms with Crippen molar-refractivity contribution in [2.75, 3.05) is 6.54 Å². The molecule has 1 unspecified atom stereocenters. The molecule has 39 valence electrons. The summed E-state index contributed by atoms with van der Waals surface area (Å²) in [7, 11) is 0. The Morgan fingerprint density at radius 2 is 2.71 bits per heavy atom. The quantitative estimate of drug-likeness (QED) is 0.458. The van der Waals surface area contributed by atoms with Crippen molar-refractivity contribution in [2.45, 2.75) is 13.0 Å². The topological polar surface area (TPSA) is 21.6 Å². The molecule has 0 spiro atoms. The van der Waals surface area contributed by atoms with Gasteiger partial charge in [0.25, 0.3) is 0 Å². The maximum absolute atomic E-state index is 5.06. The third kappa shape index (κ3) is 1.18. The van der Waals surface area contributed by atoms with E-state index in [0.717, 1.165) is 6.54 Å². The Labute approximate surface area is 50.8 Å². The van der Waals surface area contributed by atoms with Crippen LogP contribution in [0.2, 0.25) is 0 Å². The first-order valence-electron chi connectivity index (χ1n) is 2.17. The van der Waals surface area contributed by atoms with Gasteiger partial charge in [-0.3, -0.25) is 0 Å². The van der Waals surface area contributed by atoms with Crippen molar-refractivity contribution in [1.29, 1.82) is 0 Å². The minimum absolute atomic E-state index is 0.288. The monoisotopic (exact) mass is 164 g/mol. The molecule has 7 heavy (non-hydrogen) atoms. The summed E-state index contributed by atoms with van der Waals surface area (Å²) in [4.78, 5) is 4.66. The zero-order chi connectivity index (χ0) is 5.28. The van der Waals surface area contributed by atoms with E-state index in [9.17, 15) is 0 Å². The average Bonchev–Trinajstić information content (AvgIpc) is 1.87. The summed E-state index contributed by atoms with van der Waals surface area (Å²) < 4.78 is 5.06. The summed E-state index contributed by atoms with van der Waals surface area (Å²) in [6, 6.07) is 0. The molecule has 0 aromatic heterocycles. The number of ether oxygens (including phenoxy) is 1. The predicted octanol–water partition coefficient (Wildman–Crippen LogP) is -0.0704. The second-order valence-electron chi connectivity index (χ2n) is 1.54. The predicted molar refractivity (Wildman–Crippen MR) is 28.6 cm³/mol. The van der Waals surface area contributed by atoms with E-state index in [0.29, 0.717) is 4.80 Å². The van der Waals surface area contributed by atoms with Crippen molar-refractivity contribution < 1.29 is 4.74 Å². The zero-order valence-corrected chi connectivity index (χ0v) is 5.76. The third-order valence-electron chi connectivity index (χ3n) is 0.779. The SMILES string of the molecule is CC1CN=C([Se])O1. The Hall–Kier alpha value is -0.0105. The number of nitrogens with zero attached hydrogens (tertiary/aromatic N) is 1. The van der Waals surface area contributed by atoms with E-state index in [-0.39, 0.29) is 6.10 Å². The van der Waals surface area contributed by atoms with Gasteiger partial charge in [0.2, 0.25) is 0 Å². The van der Waals surface area contributed by atoms with E-state index in [1.807, 2.05) is 6.92 Å². The van der Waals surface area contributed by atoms with Gasteiger partial charge in [-0.05, 0) is 0 Å². The van der Waals surface area contributed by atoms with Crippen molar-refractivity contribution >= 4 is 20.8 Å². The summed E-state index contributed by atoms with van der Waals surface area (Å²) in [5.41, 5.74) is 0. The Morgan fingerprint density at radius 1 is 2.00 bits per heavy atom. The van der Waals surface area contributed by atoms with E-state index in [1.54, 1.807) is 0 Å². The van der Waals surface area contributed by atoms with E-state index in [1.165, 1.54) is 0 Å². The molecule has 0 fully saturated rings. The molecule has 2 nitrogen and oxygen atoms in total. The van der Waals surface area contributed by atoms with Crippen LogP contribution < -0.4 is 0 Å². The second kappa shape index (κ2) is 1.85. The van der Waals surface area contributed by atoms with Crippen LogP contribution >= 0.6 is 0 Å². The molecule has 0 N–H and O–H groups in total. The van der Waals surface area contributed by atoms with Crippen LogP contribution in [-0.4, -0.2) is 33.5 Å². The van der Waals surface area contributed by atoms with Gasteiger partial charge in [0, 0.05) is 0 Å². The summed E-state index contributed by atoms with van der Waals surface area (Å²) in [6.45, 7) is 2.80. The van der Waals surface area contributed by atoms with Crippen LogP contribution in [0.3, 0.4) is 0 Å². The molecular formula is C4H6NOSe. The molecule has 0 aromatic rings. The van der Waals surface area contributed by atoms with Gasteiger partial charge >= 0.3 is 50.1 Å². The summed E-state index contributed by atoms with van der Waals surface area (Å²) >= 11 is 2.70. The molecule has 1 rings (SSSR count). The normalized spacial score (nSPS) is 29.3. The van der Waals surface area contributed by atoms with Crippen LogP contribution in [-0.2, 0) is 4.74 Å². The van der Waals surface area contributed by atoms with E-state index < -0.39 is 0 Å². The first-order valence-corrected chi connectivity index (χ1v) is 3.03. The van der Waals surface area contributed by atoms with Gasteiger partial charge in [-0.15, -0.1) is 0 Å². The average molecular weight is 163 g/mol. The van der Waals surface area contributed by atoms with Gasteiger partial charge in [0.15, 0.2) is 0 Å². The van der Waals surface area contributed by atoms with Gasteiger partial charge in [0.05, 0.1) is 0 Å². The Morgan fingerprint density at radius 3 is 2.86 bits per heavy atom. The fraction of sp³-hybridized carbons (Fsp3) is 0.750. The molecule has 0 aliphatic carbocycles. The van der Waals surface area contributed by atoms with Crippen molar-refractivity contribution in [3.63, 3.8) is 0 Å². The van der Waals surface area contributed by atoms with Crippen LogP contribution in [0.1, 0.15) is 6.92 Å². The van der Waals surface area contributed by atoms with E-state index in [2.05, 4.69) is 21.0 Å². The molecule has 0 bridgehead atoms. The van der Waals surface area contributed by atoms with E-state index >= 15 is 0 Å². The second-order valence-corrected chi connectivity index (χ2v) is 2.27. The Balaban J connectivity index is 2.42. The number of hydrogen-bond donors (Lipinski definition) is 0. The molecule has 1 heterocycles. The molecule has 1 radical (unpaired) electrons. The molecular weight excluding hydrogens is 157 g/mol. The Bertz CT molecular complexity index is 102. The molecule has 0 saturated carbocycles. The van der Waals surface area contributed by atoms with Crippen molar-refractivity contribution in [3.8, 4) is 0 Å². The molecule has 1 aliphatic rings. The maximum atomic E-state index is 5.06. The van der Waals surface area contributed by atoms with Crippen LogP contribution in [0.15, 0.2) is 4.99 Å².